The van der Waals surface area contributed by atoms with Crippen LogP contribution in [0.1, 0.15) is 5.56 Å². The average Bonchev–Trinajstić information content (AvgIpc) is 2.28. The van der Waals surface area contributed by atoms with E-state index in [0.717, 1.165) is 6.07 Å². The summed E-state index contributed by atoms with van der Waals surface area (Å²) in [4.78, 5) is 0. The first-order valence-electron chi connectivity index (χ1n) is 4.90. The molecule has 0 radical (unpaired) electrons. The maximum absolute atomic E-state index is 12.9. The normalized spacial score (nSPS) is 9.71. The van der Waals surface area contributed by atoms with E-state index in [1.807, 2.05) is 6.07 Å². The van der Waals surface area contributed by atoms with Gasteiger partial charge in [0.1, 0.15) is 11.6 Å². The second-order valence-corrected chi connectivity index (χ2v) is 3.47. The van der Waals surface area contributed by atoms with Crippen molar-refractivity contribution in [2.75, 3.05) is 5.32 Å². The fraction of sp³-hybridized carbons (Fsp3) is 0. The first-order valence-corrected chi connectivity index (χ1v) is 4.90. The Kier molecular flexibility index (Phi) is 3.01. The van der Waals surface area contributed by atoms with Gasteiger partial charge in [0, 0.05) is 17.4 Å². The van der Waals surface area contributed by atoms with Crippen molar-refractivity contribution in [3.63, 3.8) is 0 Å². The zero-order valence-electron chi connectivity index (χ0n) is 8.74. The van der Waals surface area contributed by atoms with Crippen molar-refractivity contribution in [1.29, 1.82) is 5.26 Å². The van der Waals surface area contributed by atoms with Crippen LogP contribution in [0.25, 0.3) is 0 Å². The van der Waals surface area contributed by atoms with Crippen LogP contribution in [0.4, 0.5) is 20.2 Å². The van der Waals surface area contributed by atoms with Crippen molar-refractivity contribution >= 4 is 11.4 Å². The van der Waals surface area contributed by atoms with Crippen LogP contribution in [0.2, 0.25) is 0 Å². The van der Waals surface area contributed by atoms with Crippen LogP contribution < -0.4 is 5.32 Å². The fourth-order valence-electron chi connectivity index (χ4n) is 1.42. The Labute approximate surface area is 97.1 Å². The standard InChI is InChI=1S/C13H8F2N2/c14-10-5-11(15)7-13(6-10)17-12-3-1-9(8-16)2-4-12/h1-7,17H. The third-order valence-electron chi connectivity index (χ3n) is 2.17. The van der Waals surface area contributed by atoms with Crippen LogP contribution in [0.15, 0.2) is 42.5 Å². The van der Waals surface area contributed by atoms with Crippen molar-refractivity contribution in [1.82, 2.24) is 0 Å². The Bertz CT molecular complexity index is 551. The summed E-state index contributed by atoms with van der Waals surface area (Å²) in [5.41, 5.74) is 1.52. The summed E-state index contributed by atoms with van der Waals surface area (Å²) in [5.74, 6) is -1.28. The quantitative estimate of drug-likeness (QED) is 0.855. The molecule has 2 aromatic rings. The van der Waals surface area contributed by atoms with Gasteiger partial charge in [-0.2, -0.15) is 5.26 Å². The predicted molar refractivity (Wildman–Crippen MR) is 60.8 cm³/mol. The fourth-order valence-corrected chi connectivity index (χ4v) is 1.42. The summed E-state index contributed by atoms with van der Waals surface area (Å²) in [6.07, 6.45) is 0. The molecular weight excluding hydrogens is 222 g/mol. The van der Waals surface area contributed by atoms with Crippen LogP contribution in [0.3, 0.4) is 0 Å². The van der Waals surface area contributed by atoms with Gasteiger partial charge in [0.25, 0.3) is 0 Å². The van der Waals surface area contributed by atoms with Crippen molar-refractivity contribution < 1.29 is 8.78 Å². The number of benzene rings is 2. The lowest BCUT2D eigenvalue weighted by molar-refractivity contribution is 0.584. The summed E-state index contributed by atoms with van der Waals surface area (Å²) < 4.78 is 25.9. The smallest absolute Gasteiger partial charge is 0.128 e. The Hall–Kier alpha value is -2.41. The molecule has 0 aromatic heterocycles. The monoisotopic (exact) mass is 230 g/mol. The second-order valence-electron chi connectivity index (χ2n) is 3.47. The molecule has 0 aliphatic rings. The number of anilines is 2. The average molecular weight is 230 g/mol. The molecular formula is C13H8F2N2. The van der Waals surface area contributed by atoms with Gasteiger partial charge in [0.2, 0.25) is 0 Å². The maximum Gasteiger partial charge on any atom is 0.128 e. The van der Waals surface area contributed by atoms with Crippen LogP contribution in [-0.2, 0) is 0 Å². The molecule has 0 saturated carbocycles. The van der Waals surface area contributed by atoms with Crippen LogP contribution in [0.5, 0.6) is 0 Å². The largest absolute Gasteiger partial charge is 0.355 e. The van der Waals surface area contributed by atoms with Crippen molar-refractivity contribution in [2.45, 2.75) is 0 Å². The Morgan fingerprint density at radius 3 is 2.00 bits per heavy atom. The Balaban J connectivity index is 2.22. The summed E-state index contributed by atoms with van der Waals surface area (Å²) in [5, 5.41) is 11.5. The van der Waals surface area contributed by atoms with Gasteiger partial charge in [-0.25, -0.2) is 8.78 Å². The lowest BCUT2D eigenvalue weighted by Crippen LogP contribution is -1.92. The van der Waals surface area contributed by atoms with E-state index in [9.17, 15) is 8.78 Å². The zero-order valence-corrected chi connectivity index (χ0v) is 8.74. The Morgan fingerprint density at radius 1 is 0.882 bits per heavy atom. The van der Waals surface area contributed by atoms with E-state index in [-0.39, 0.29) is 0 Å². The molecule has 0 aliphatic carbocycles. The van der Waals surface area contributed by atoms with E-state index in [0.29, 0.717) is 16.9 Å². The topological polar surface area (TPSA) is 35.8 Å². The van der Waals surface area contributed by atoms with E-state index in [4.69, 9.17) is 5.26 Å². The molecule has 2 aromatic carbocycles. The van der Waals surface area contributed by atoms with Gasteiger partial charge in [-0.15, -0.1) is 0 Å². The molecule has 4 heteroatoms. The van der Waals surface area contributed by atoms with E-state index in [1.165, 1.54) is 12.1 Å². The van der Waals surface area contributed by atoms with E-state index < -0.39 is 11.6 Å². The first-order chi connectivity index (χ1) is 8.17. The lowest BCUT2D eigenvalue weighted by Gasteiger charge is -2.06. The summed E-state index contributed by atoms with van der Waals surface area (Å²) in [6.45, 7) is 0. The zero-order chi connectivity index (χ0) is 12.3. The third-order valence-corrected chi connectivity index (χ3v) is 2.17. The molecule has 0 saturated heterocycles. The molecule has 1 N–H and O–H groups in total. The molecule has 0 atom stereocenters. The molecule has 0 unspecified atom stereocenters. The van der Waals surface area contributed by atoms with Gasteiger partial charge in [-0.3, -0.25) is 0 Å². The maximum atomic E-state index is 12.9. The van der Waals surface area contributed by atoms with Crippen molar-refractivity contribution in [2.24, 2.45) is 0 Å². The summed E-state index contributed by atoms with van der Waals surface area (Å²) in [7, 11) is 0. The van der Waals surface area contributed by atoms with Crippen molar-refractivity contribution in [3.8, 4) is 6.07 Å². The summed E-state index contributed by atoms with van der Waals surface area (Å²) >= 11 is 0. The van der Waals surface area contributed by atoms with Gasteiger partial charge in [-0.1, -0.05) is 0 Å². The highest BCUT2D eigenvalue weighted by molar-refractivity contribution is 5.60. The number of nitriles is 1. The van der Waals surface area contributed by atoms with E-state index in [2.05, 4.69) is 5.32 Å². The number of nitrogens with one attached hydrogen (secondary N) is 1. The molecule has 0 aliphatic heterocycles. The molecule has 17 heavy (non-hydrogen) atoms. The van der Waals surface area contributed by atoms with Gasteiger partial charge < -0.3 is 5.32 Å². The molecule has 0 heterocycles. The predicted octanol–water partition coefficient (Wildman–Crippen LogP) is 3.58. The number of halogens is 2. The van der Waals surface area contributed by atoms with E-state index in [1.54, 1.807) is 24.3 Å². The van der Waals surface area contributed by atoms with Crippen molar-refractivity contribution in [3.05, 3.63) is 59.7 Å². The molecule has 84 valence electrons. The van der Waals surface area contributed by atoms with Crippen LogP contribution in [-0.4, -0.2) is 0 Å². The number of hydrogen-bond donors (Lipinski definition) is 1. The number of nitrogens with zero attached hydrogens (tertiary/aromatic N) is 1. The third kappa shape index (κ3) is 2.79. The molecule has 2 rings (SSSR count). The highest BCUT2D eigenvalue weighted by atomic mass is 19.1. The SMILES string of the molecule is N#Cc1ccc(Nc2cc(F)cc(F)c2)cc1. The van der Waals surface area contributed by atoms with Crippen LogP contribution in [0, 0.1) is 23.0 Å². The van der Waals surface area contributed by atoms with Gasteiger partial charge in [-0.05, 0) is 36.4 Å². The number of rotatable bonds is 2. The molecule has 2 nitrogen and oxygen atoms in total. The minimum atomic E-state index is -0.638. The van der Waals surface area contributed by atoms with Crippen LogP contribution >= 0.6 is 0 Å². The highest BCUT2D eigenvalue weighted by Gasteiger charge is 2.01. The minimum absolute atomic E-state index is 0.326. The molecule has 0 amide bonds. The Morgan fingerprint density at radius 2 is 1.47 bits per heavy atom. The summed E-state index contributed by atoms with van der Waals surface area (Å²) in [6, 6.07) is 11.8. The molecule has 0 bridgehead atoms. The molecule has 0 fully saturated rings. The van der Waals surface area contributed by atoms with E-state index >= 15 is 0 Å². The first kappa shape index (κ1) is 11.1. The highest BCUT2D eigenvalue weighted by Crippen LogP contribution is 2.19. The van der Waals surface area contributed by atoms with Gasteiger partial charge in [0.15, 0.2) is 0 Å². The van der Waals surface area contributed by atoms with Gasteiger partial charge in [0.05, 0.1) is 11.6 Å². The minimum Gasteiger partial charge on any atom is -0.355 e. The number of hydrogen-bond acceptors (Lipinski definition) is 2. The molecule has 0 spiro atoms. The van der Waals surface area contributed by atoms with Gasteiger partial charge >= 0.3 is 0 Å². The second kappa shape index (κ2) is 4.62. The lowest BCUT2D eigenvalue weighted by atomic mass is 10.2.